The Morgan fingerprint density at radius 2 is 1.48 bits per heavy atom. The summed E-state index contributed by atoms with van der Waals surface area (Å²) in [6, 6.07) is 8.04. The van der Waals surface area contributed by atoms with Gasteiger partial charge >= 0.3 is 0 Å². The molecule has 0 unspecified atom stereocenters. The van der Waals surface area contributed by atoms with Crippen molar-refractivity contribution in [3.05, 3.63) is 54.6 Å². The minimum atomic E-state index is 0.775. The van der Waals surface area contributed by atoms with Crippen molar-refractivity contribution in [1.82, 2.24) is 9.97 Å². The second-order valence-electron chi connectivity index (χ2n) is 9.45. The van der Waals surface area contributed by atoms with Crippen LogP contribution in [0.15, 0.2) is 49.0 Å². The molecule has 0 aliphatic rings. The molecule has 1 heterocycles. The maximum Gasteiger partial charge on any atom is 0.159 e. The third kappa shape index (κ3) is 12.0. The Bertz CT molecular complexity index is 752. The molecule has 0 aliphatic heterocycles. The molecule has 2 rings (SSSR count). The second kappa shape index (κ2) is 17.3. The maximum atomic E-state index is 5.74. The monoisotopic (exact) mass is 450 g/mol. The number of allylic oxidation sites excluding steroid dienone is 1. The van der Waals surface area contributed by atoms with Gasteiger partial charge in [0.2, 0.25) is 0 Å². The van der Waals surface area contributed by atoms with Crippen LogP contribution in [-0.2, 0) is 6.42 Å². The van der Waals surface area contributed by atoms with E-state index in [1.165, 1.54) is 82.6 Å². The van der Waals surface area contributed by atoms with Crippen molar-refractivity contribution < 1.29 is 4.74 Å². The van der Waals surface area contributed by atoms with Crippen LogP contribution in [0.25, 0.3) is 11.4 Å². The lowest BCUT2D eigenvalue weighted by molar-refractivity contribution is 0.477. The second-order valence-corrected chi connectivity index (χ2v) is 9.45. The first kappa shape index (κ1) is 27.1. The number of unbranched alkanes of at least 4 members (excludes halogenated alkanes) is 9. The van der Waals surface area contributed by atoms with E-state index in [4.69, 9.17) is 4.74 Å². The van der Waals surface area contributed by atoms with Crippen LogP contribution in [0.4, 0.5) is 0 Å². The third-order valence-electron chi connectivity index (χ3n) is 6.45. The minimum Gasteiger partial charge on any atom is -0.465 e. The molecule has 2 aromatic rings. The van der Waals surface area contributed by atoms with Gasteiger partial charge in [-0.1, -0.05) is 85.0 Å². The molecule has 1 aromatic heterocycles. The number of ether oxygens (including phenoxy) is 1. The van der Waals surface area contributed by atoms with Gasteiger partial charge < -0.3 is 4.74 Å². The summed E-state index contributed by atoms with van der Waals surface area (Å²) < 4.78 is 5.74. The summed E-state index contributed by atoms with van der Waals surface area (Å²) in [4.78, 5) is 9.16. The van der Waals surface area contributed by atoms with Crippen molar-refractivity contribution in [2.75, 3.05) is 0 Å². The standard InChI is InChI=1S/C30H46N2O/c1-4-6-7-8-9-10-11-12-16-23-33-29-21-19-28(20-22-29)30-31-24-27(25-32-30)18-15-13-14-17-26(3)5-2/h16,19-26H,4-15,17-18H2,1-3H3/b23-16+/t26-/m0/s1. The molecule has 0 aliphatic carbocycles. The summed E-state index contributed by atoms with van der Waals surface area (Å²) in [6.45, 7) is 6.89. The van der Waals surface area contributed by atoms with Gasteiger partial charge in [0.25, 0.3) is 0 Å². The van der Waals surface area contributed by atoms with E-state index >= 15 is 0 Å². The SMILES string of the molecule is CCCCCCCCC/C=C/Oc1ccc(-c2ncc(CCCCC[C@@H](C)CC)cn2)cc1. The molecule has 0 fully saturated rings. The highest BCUT2D eigenvalue weighted by atomic mass is 16.5. The summed E-state index contributed by atoms with van der Waals surface area (Å²) in [5.41, 5.74) is 2.25. The average molecular weight is 451 g/mol. The van der Waals surface area contributed by atoms with Crippen LogP contribution in [0.5, 0.6) is 5.75 Å². The lowest BCUT2D eigenvalue weighted by Crippen LogP contribution is -1.95. The van der Waals surface area contributed by atoms with E-state index in [9.17, 15) is 0 Å². The van der Waals surface area contributed by atoms with Crippen LogP contribution in [-0.4, -0.2) is 9.97 Å². The maximum absolute atomic E-state index is 5.74. The summed E-state index contributed by atoms with van der Waals surface area (Å²) in [7, 11) is 0. The van der Waals surface area contributed by atoms with Crippen LogP contribution in [0.3, 0.4) is 0 Å². The molecular weight excluding hydrogens is 404 g/mol. The number of hydrogen-bond acceptors (Lipinski definition) is 3. The molecule has 1 atom stereocenters. The van der Waals surface area contributed by atoms with Gasteiger partial charge in [-0.2, -0.15) is 0 Å². The molecule has 0 bridgehead atoms. The van der Waals surface area contributed by atoms with Gasteiger partial charge in [-0.05, 0) is 67.5 Å². The van der Waals surface area contributed by atoms with Crippen LogP contribution < -0.4 is 4.74 Å². The van der Waals surface area contributed by atoms with Crippen molar-refractivity contribution in [3.8, 4) is 17.1 Å². The smallest absolute Gasteiger partial charge is 0.159 e. The van der Waals surface area contributed by atoms with E-state index in [0.717, 1.165) is 35.9 Å². The van der Waals surface area contributed by atoms with Crippen molar-refractivity contribution in [3.63, 3.8) is 0 Å². The first-order chi connectivity index (χ1) is 16.2. The Labute approximate surface area is 203 Å². The molecule has 3 heteroatoms. The topological polar surface area (TPSA) is 35.0 Å². The summed E-state index contributed by atoms with van der Waals surface area (Å²) in [5.74, 6) is 2.48. The van der Waals surface area contributed by atoms with Gasteiger partial charge in [-0.15, -0.1) is 0 Å². The van der Waals surface area contributed by atoms with Gasteiger partial charge in [0.1, 0.15) is 5.75 Å². The largest absolute Gasteiger partial charge is 0.465 e. The van der Waals surface area contributed by atoms with E-state index in [1.807, 2.05) is 42.9 Å². The highest BCUT2D eigenvalue weighted by Gasteiger charge is 2.03. The van der Waals surface area contributed by atoms with Crippen molar-refractivity contribution in [2.24, 2.45) is 5.92 Å². The van der Waals surface area contributed by atoms with Crippen LogP contribution in [0, 0.1) is 5.92 Å². The van der Waals surface area contributed by atoms with E-state index in [2.05, 4.69) is 36.8 Å². The highest BCUT2D eigenvalue weighted by Crippen LogP contribution is 2.20. The van der Waals surface area contributed by atoms with E-state index in [-0.39, 0.29) is 0 Å². The number of nitrogens with zero attached hydrogens (tertiary/aromatic N) is 2. The molecular formula is C30H46N2O. The van der Waals surface area contributed by atoms with Gasteiger partial charge in [0, 0.05) is 18.0 Å². The molecule has 0 radical (unpaired) electrons. The predicted molar refractivity (Wildman–Crippen MR) is 141 cm³/mol. The first-order valence-electron chi connectivity index (χ1n) is 13.5. The summed E-state index contributed by atoms with van der Waals surface area (Å²) >= 11 is 0. The van der Waals surface area contributed by atoms with Crippen LogP contribution >= 0.6 is 0 Å². The Kier molecular flexibility index (Phi) is 14.2. The van der Waals surface area contributed by atoms with Gasteiger partial charge in [0.15, 0.2) is 5.82 Å². The molecule has 33 heavy (non-hydrogen) atoms. The van der Waals surface area contributed by atoms with E-state index in [1.54, 1.807) is 0 Å². The molecule has 0 saturated carbocycles. The quantitative estimate of drug-likeness (QED) is 0.168. The zero-order valence-electron chi connectivity index (χ0n) is 21.4. The van der Waals surface area contributed by atoms with Gasteiger partial charge in [-0.3, -0.25) is 0 Å². The number of aromatic nitrogens is 2. The molecule has 0 saturated heterocycles. The summed E-state index contributed by atoms with van der Waals surface area (Å²) in [5, 5.41) is 0. The molecule has 3 nitrogen and oxygen atoms in total. The highest BCUT2D eigenvalue weighted by molar-refractivity contribution is 5.55. The number of hydrogen-bond donors (Lipinski definition) is 0. The lowest BCUT2D eigenvalue weighted by Gasteiger charge is -2.07. The van der Waals surface area contributed by atoms with Crippen LogP contribution in [0.2, 0.25) is 0 Å². The average Bonchev–Trinajstić information content (AvgIpc) is 2.85. The predicted octanol–water partition coefficient (Wildman–Crippen LogP) is 9.33. The normalized spacial score (nSPS) is 12.3. The molecule has 1 aromatic carbocycles. The number of aryl methyl sites for hydroxylation is 1. The van der Waals surface area contributed by atoms with E-state index < -0.39 is 0 Å². The fraction of sp³-hybridized carbons (Fsp3) is 0.600. The fourth-order valence-electron chi connectivity index (χ4n) is 3.93. The molecule has 0 spiro atoms. The lowest BCUT2D eigenvalue weighted by atomic mass is 10.00. The zero-order valence-corrected chi connectivity index (χ0v) is 21.4. The number of rotatable bonds is 18. The van der Waals surface area contributed by atoms with Crippen molar-refractivity contribution in [2.45, 2.75) is 111 Å². The number of benzene rings is 1. The molecule has 0 N–H and O–H groups in total. The summed E-state index contributed by atoms with van der Waals surface area (Å²) in [6.07, 6.45) is 25.9. The van der Waals surface area contributed by atoms with Crippen molar-refractivity contribution >= 4 is 0 Å². The minimum absolute atomic E-state index is 0.775. The van der Waals surface area contributed by atoms with Gasteiger partial charge in [-0.25, -0.2) is 9.97 Å². The van der Waals surface area contributed by atoms with Crippen molar-refractivity contribution in [1.29, 1.82) is 0 Å². The van der Waals surface area contributed by atoms with E-state index in [0.29, 0.717) is 0 Å². The first-order valence-corrected chi connectivity index (χ1v) is 13.5. The van der Waals surface area contributed by atoms with Gasteiger partial charge in [0.05, 0.1) is 6.26 Å². The Morgan fingerprint density at radius 1 is 0.818 bits per heavy atom. The molecule has 0 amide bonds. The van der Waals surface area contributed by atoms with Crippen LogP contribution in [0.1, 0.15) is 110 Å². The fourth-order valence-corrected chi connectivity index (χ4v) is 3.93. The Morgan fingerprint density at radius 3 is 2.18 bits per heavy atom. The molecule has 182 valence electrons. The Balaban J connectivity index is 1.64. The zero-order chi connectivity index (χ0) is 23.6. The Hall–Kier alpha value is -2.16. The third-order valence-corrected chi connectivity index (χ3v) is 6.45.